The van der Waals surface area contributed by atoms with E-state index in [1.165, 1.54) is 0 Å². The summed E-state index contributed by atoms with van der Waals surface area (Å²) in [6, 6.07) is 1.32. The van der Waals surface area contributed by atoms with Crippen molar-refractivity contribution in [2.24, 2.45) is 0 Å². The van der Waals surface area contributed by atoms with Crippen LogP contribution in [-0.2, 0) is 0 Å². The van der Waals surface area contributed by atoms with Gasteiger partial charge in [-0.05, 0) is 27.7 Å². The van der Waals surface area contributed by atoms with E-state index < -0.39 is 0 Å². The first kappa shape index (κ1) is 11.6. The van der Waals surface area contributed by atoms with Crippen molar-refractivity contribution in [3.8, 4) is 0 Å². The minimum atomic E-state index is 0.258. The summed E-state index contributed by atoms with van der Waals surface area (Å²) in [4.78, 5) is 6.77. The van der Waals surface area contributed by atoms with Crippen LogP contribution in [-0.4, -0.2) is 35.1 Å². The number of aryl methyl sites for hydroxylation is 1. The monoisotopic (exact) mass is 223 g/mol. The van der Waals surface area contributed by atoms with Crippen LogP contribution in [0.1, 0.15) is 38.5 Å². The van der Waals surface area contributed by atoms with Crippen molar-refractivity contribution in [3.05, 3.63) is 17.8 Å². The van der Waals surface area contributed by atoms with Gasteiger partial charge in [-0.15, -0.1) is 0 Å². The summed E-state index contributed by atoms with van der Waals surface area (Å²) in [6.07, 6.45) is 1.79. The second-order valence-corrected chi connectivity index (χ2v) is 4.84. The van der Waals surface area contributed by atoms with Gasteiger partial charge in [0, 0.05) is 25.2 Å². The Morgan fingerprint density at radius 2 is 2.31 bits per heavy atom. The molecular weight excluding hydrogens is 202 g/mol. The number of aromatic nitrogens is 1. The SMILES string of the molecule is Cc1cnc(C(C)N2CC(C)NCC2C)o1. The normalized spacial score (nSPS) is 29.2. The summed E-state index contributed by atoms with van der Waals surface area (Å²) >= 11 is 0. The maximum absolute atomic E-state index is 5.61. The summed E-state index contributed by atoms with van der Waals surface area (Å²) in [6.45, 7) is 10.6. The maximum Gasteiger partial charge on any atom is 0.211 e. The van der Waals surface area contributed by atoms with Gasteiger partial charge in [0.1, 0.15) is 5.76 Å². The van der Waals surface area contributed by atoms with Crippen molar-refractivity contribution in [2.75, 3.05) is 13.1 Å². The molecule has 1 aromatic rings. The first-order valence-corrected chi connectivity index (χ1v) is 5.99. The Bertz CT molecular complexity index is 350. The van der Waals surface area contributed by atoms with Crippen molar-refractivity contribution in [1.29, 1.82) is 0 Å². The van der Waals surface area contributed by atoms with Gasteiger partial charge in [0.15, 0.2) is 0 Å². The van der Waals surface area contributed by atoms with Gasteiger partial charge in [-0.1, -0.05) is 0 Å². The lowest BCUT2D eigenvalue weighted by molar-refractivity contribution is 0.0886. The Kier molecular flexibility index (Phi) is 3.30. The van der Waals surface area contributed by atoms with Crippen LogP contribution in [0.2, 0.25) is 0 Å². The van der Waals surface area contributed by atoms with Gasteiger partial charge < -0.3 is 9.73 Å². The van der Waals surface area contributed by atoms with Crippen molar-refractivity contribution in [2.45, 2.75) is 45.8 Å². The van der Waals surface area contributed by atoms with Crippen LogP contribution in [0.15, 0.2) is 10.6 Å². The van der Waals surface area contributed by atoms with E-state index in [1.807, 2.05) is 6.92 Å². The summed E-state index contributed by atoms with van der Waals surface area (Å²) in [5.74, 6) is 1.72. The molecule has 2 rings (SSSR count). The number of piperazine rings is 1. The van der Waals surface area contributed by atoms with Gasteiger partial charge in [-0.2, -0.15) is 0 Å². The molecule has 1 fully saturated rings. The van der Waals surface area contributed by atoms with Crippen LogP contribution in [0.5, 0.6) is 0 Å². The summed E-state index contributed by atoms with van der Waals surface area (Å²) < 4.78 is 5.61. The van der Waals surface area contributed by atoms with E-state index in [-0.39, 0.29) is 6.04 Å². The van der Waals surface area contributed by atoms with Crippen molar-refractivity contribution in [1.82, 2.24) is 15.2 Å². The Morgan fingerprint density at radius 1 is 1.56 bits per heavy atom. The van der Waals surface area contributed by atoms with Crippen LogP contribution in [0.25, 0.3) is 0 Å². The quantitative estimate of drug-likeness (QED) is 0.829. The van der Waals surface area contributed by atoms with Crippen LogP contribution in [0.4, 0.5) is 0 Å². The third-order valence-corrected chi connectivity index (χ3v) is 3.31. The van der Waals surface area contributed by atoms with Gasteiger partial charge in [-0.25, -0.2) is 4.98 Å². The fourth-order valence-electron chi connectivity index (χ4n) is 2.30. The number of rotatable bonds is 2. The molecule has 90 valence electrons. The highest BCUT2D eigenvalue weighted by Gasteiger charge is 2.29. The Labute approximate surface area is 97.0 Å². The Balaban J connectivity index is 2.10. The molecular formula is C12H21N3O. The zero-order valence-electron chi connectivity index (χ0n) is 10.5. The van der Waals surface area contributed by atoms with Gasteiger partial charge in [0.05, 0.1) is 12.2 Å². The second-order valence-electron chi connectivity index (χ2n) is 4.84. The molecule has 1 aromatic heterocycles. The van der Waals surface area contributed by atoms with E-state index in [0.717, 1.165) is 24.7 Å². The number of nitrogens with zero attached hydrogens (tertiary/aromatic N) is 2. The van der Waals surface area contributed by atoms with E-state index in [4.69, 9.17) is 4.42 Å². The van der Waals surface area contributed by atoms with Gasteiger partial charge in [-0.3, -0.25) is 4.90 Å². The fourth-order valence-corrected chi connectivity index (χ4v) is 2.30. The minimum Gasteiger partial charge on any atom is -0.444 e. The van der Waals surface area contributed by atoms with Crippen LogP contribution in [0.3, 0.4) is 0 Å². The molecule has 1 N–H and O–H groups in total. The highest BCUT2D eigenvalue weighted by Crippen LogP contribution is 2.23. The lowest BCUT2D eigenvalue weighted by Gasteiger charge is -2.40. The third-order valence-electron chi connectivity index (χ3n) is 3.31. The van der Waals surface area contributed by atoms with E-state index in [0.29, 0.717) is 12.1 Å². The largest absolute Gasteiger partial charge is 0.444 e. The highest BCUT2D eigenvalue weighted by atomic mass is 16.4. The Hall–Kier alpha value is -0.870. The molecule has 0 radical (unpaired) electrons. The molecule has 0 spiro atoms. The van der Waals surface area contributed by atoms with Crippen molar-refractivity contribution >= 4 is 0 Å². The predicted molar refractivity (Wildman–Crippen MR) is 63.3 cm³/mol. The summed E-state index contributed by atoms with van der Waals surface area (Å²) in [5, 5.41) is 3.48. The average Bonchev–Trinajstić information content (AvgIpc) is 2.67. The average molecular weight is 223 g/mol. The number of hydrogen-bond acceptors (Lipinski definition) is 4. The molecule has 0 aromatic carbocycles. The predicted octanol–water partition coefficient (Wildman–Crippen LogP) is 1.73. The van der Waals surface area contributed by atoms with E-state index in [1.54, 1.807) is 6.20 Å². The molecule has 1 aliphatic rings. The number of hydrogen-bond donors (Lipinski definition) is 1. The van der Waals surface area contributed by atoms with Gasteiger partial charge in [0.25, 0.3) is 0 Å². The zero-order chi connectivity index (χ0) is 11.7. The van der Waals surface area contributed by atoms with Crippen LogP contribution < -0.4 is 5.32 Å². The minimum absolute atomic E-state index is 0.258. The Morgan fingerprint density at radius 3 is 2.94 bits per heavy atom. The maximum atomic E-state index is 5.61. The molecule has 0 amide bonds. The molecule has 0 bridgehead atoms. The molecule has 1 saturated heterocycles. The number of oxazole rings is 1. The first-order valence-electron chi connectivity index (χ1n) is 5.99. The molecule has 0 saturated carbocycles. The van der Waals surface area contributed by atoms with Crippen molar-refractivity contribution < 1.29 is 4.42 Å². The topological polar surface area (TPSA) is 41.3 Å². The molecule has 2 heterocycles. The lowest BCUT2D eigenvalue weighted by Crippen LogP contribution is -2.54. The molecule has 0 aliphatic carbocycles. The third kappa shape index (κ3) is 2.28. The lowest BCUT2D eigenvalue weighted by atomic mass is 10.1. The van der Waals surface area contributed by atoms with E-state index in [2.05, 4.69) is 36.0 Å². The summed E-state index contributed by atoms with van der Waals surface area (Å²) in [7, 11) is 0. The second kappa shape index (κ2) is 4.55. The van der Waals surface area contributed by atoms with Crippen LogP contribution >= 0.6 is 0 Å². The molecule has 1 aliphatic heterocycles. The molecule has 3 unspecified atom stereocenters. The van der Waals surface area contributed by atoms with E-state index >= 15 is 0 Å². The van der Waals surface area contributed by atoms with Gasteiger partial charge in [0.2, 0.25) is 5.89 Å². The van der Waals surface area contributed by atoms with Crippen LogP contribution in [0, 0.1) is 6.92 Å². The highest BCUT2D eigenvalue weighted by molar-refractivity contribution is 4.98. The summed E-state index contributed by atoms with van der Waals surface area (Å²) in [5.41, 5.74) is 0. The molecule has 4 nitrogen and oxygen atoms in total. The smallest absolute Gasteiger partial charge is 0.211 e. The molecule has 16 heavy (non-hydrogen) atoms. The van der Waals surface area contributed by atoms with E-state index in [9.17, 15) is 0 Å². The van der Waals surface area contributed by atoms with Crippen molar-refractivity contribution in [3.63, 3.8) is 0 Å². The number of nitrogens with one attached hydrogen (secondary N) is 1. The molecule has 4 heteroatoms. The molecule has 3 atom stereocenters. The fraction of sp³-hybridized carbons (Fsp3) is 0.750. The standard InChI is InChI=1S/C12H21N3O/c1-8-7-15(9(2)5-13-8)11(4)12-14-6-10(3)16-12/h6,8-9,11,13H,5,7H2,1-4H3. The first-order chi connectivity index (χ1) is 7.58. The van der Waals surface area contributed by atoms with Gasteiger partial charge >= 0.3 is 0 Å². The zero-order valence-corrected chi connectivity index (χ0v) is 10.5.